The van der Waals surface area contributed by atoms with E-state index >= 15 is 0 Å². The van der Waals surface area contributed by atoms with Crippen LogP contribution < -0.4 is 10.6 Å². The number of hydrogen-bond donors (Lipinski definition) is 2. The Morgan fingerprint density at radius 2 is 1.78 bits per heavy atom. The third-order valence-electron chi connectivity index (χ3n) is 3.88. The van der Waals surface area contributed by atoms with Gasteiger partial charge in [0.25, 0.3) is 0 Å². The number of benzene rings is 2. The molecule has 2 N–H and O–H groups in total. The van der Waals surface area contributed by atoms with Gasteiger partial charge in [0.2, 0.25) is 11.0 Å². The fourth-order valence-electron chi connectivity index (χ4n) is 2.64. The molecule has 0 aliphatic rings. The second-order valence-electron chi connectivity index (χ2n) is 5.91. The number of nitrogens with one attached hydrogen (secondary N) is 2. The molecular formula is C20H22N4OS2. The molecule has 1 heterocycles. The number of thioether (sulfide) groups is 1. The Hall–Kier alpha value is -2.38. The first-order valence-electron chi connectivity index (χ1n) is 8.83. The van der Waals surface area contributed by atoms with Crippen molar-refractivity contribution in [1.29, 1.82) is 0 Å². The van der Waals surface area contributed by atoms with Gasteiger partial charge in [-0.2, -0.15) is 0 Å². The summed E-state index contributed by atoms with van der Waals surface area (Å²) >= 11 is 2.88. The second-order valence-corrected chi connectivity index (χ2v) is 8.11. The van der Waals surface area contributed by atoms with E-state index in [1.807, 2.05) is 43.3 Å². The molecule has 3 aromatic rings. The average molecular weight is 399 g/mol. The number of anilines is 1. The molecule has 27 heavy (non-hydrogen) atoms. The lowest BCUT2D eigenvalue weighted by Crippen LogP contribution is -2.31. The minimum atomic E-state index is -0.0616. The van der Waals surface area contributed by atoms with Gasteiger partial charge < -0.3 is 10.6 Å². The molecule has 0 fully saturated rings. The van der Waals surface area contributed by atoms with Gasteiger partial charge in [0.1, 0.15) is 0 Å². The molecule has 0 unspecified atom stereocenters. The molecular weight excluding hydrogens is 376 g/mol. The van der Waals surface area contributed by atoms with Crippen LogP contribution in [0.1, 0.15) is 24.1 Å². The molecule has 0 bridgehead atoms. The Labute approximate surface area is 167 Å². The molecule has 5 nitrogen and oxygen atoms in total. The van der Waals surface area contributed by atoms with Crippen LogP contribution in [-0.2, 0) is 11.2 Å². The molecule has 140 valence electrons. The zero-order chi connectivity index (χ0) is 18.9. The normalized spacial score (nSPS) is 11.7. The SMILES string of the molecule is CCNc1nnc(SCC(=O)N[C@@H](Cc2ccccc2)c2ccccc2)s1. The molecule has 2 aromatic carbocycles. The highest BCUT2D eigenvalue weighted by atomic mass is 32.2. The van der Waals surface area contributed by atoms with Gasteiger partial charge in [-0.15, -0.1) is 10.2 Å². The van der Waals surface area contributed by atoms with E-state index < -0.39 is 0 Å². The lowest BCUT2D eigenvalue weighted by Gasteiger charge is -2.19. The van der Waals surface area contributed by atoms with E-state index in [1.54, 1.807) is 0 Å². The number of rotatable bonds is 9. The predicted molar refractivity (Wildman–Crippen MR) is 112 cm³/mol. The molecule has 1 atom stereocenters. The summed E-state index contributed by atoms with van der Waals surface area (Å²) in [5, 5.41) is 15.2. The Kier molecular flexibility index (Phi) is 7.24. The maximum atomic E-state index is 12.5. The van der Waals surface area contributed by atoms with Crippen molar-refractivity contribution in [3.8, 4) is 0 Å². The fraction of sp³-hybridized carbons (Fsp3) is 0.250. The summed E-state index contributed by atoms with van der Waals surface area (Å²) < 4.78 is 0.792. The minimum absolute atomic E-state index is 0.00927. The molecule has 0 radical (unpaired) electrons. The first-order chi connectivity index (χ1) is 13.2. The number of aromatic nitrogens is 2. The standard InChI is InChI=1S/C20H22N4OS2/c1-2-21-19-23-24-20(27-19)26-14-18(25)22-17(16-11-7-4-8-12-16)13-15-9-5-3-6-10-15/h3-12,17H,2,13-14H2,1H3,(H,21,23)(H,22,25)/t17-/m0/s1. The van der Waals surface area contributed by atoms with E-state index in [9.17, 15) is 4.79 Å². The van der Waals surface area contributed by atoms with Crippen molar-refractivity contribution in [2.45, 2.75) is 23.7 Å². The van der Waals surface area contributed by atoms with Gasteiger partial charge in [0, 0.05) is 6.54 Å². The second kappa shape index (κ2) is 10.1. The number of carbonyl (C=O) groups is 1. The van der Waals surface area contributed by atoms with Crippen LogP contribution >= 0.6 is 23.1 Å². The van der Waals surface area contributed by atoms with Crippen molar-refractivity contribution >= 4 is 34.1 Å². The van der Waals surface area contributed by atoms with Crippen LogP contribution in [0, 0.1) is 0 Å². The monoisotopic (exact) mass is 398 g/mol. The zero-order valence-electron chi connectivity index (χ0n) is 15.1. The summed E-state index contributed by atoms with van der Waals surface area (Å²) in [7, 11) is 0. The quantitative estimate of drug-likeness (QED) is 0.530. The van der Waals surface area contributed by atoms with Crippen molar-refractivity contribution < 1.29 is 4.79 Å². The lowest BCUT2D eigenvalue weighted by molar-refractivity contribution is -0.119. The Bertz CT molecular complexity index is 839. The summed E-state index contributed by atoms with van der Waals surface area (Å²) in [6, 6.07) is 20.2. The molecule has 0 spiro atoms. The van der Waals surface area contributed by atoms with Crippen molar-refractivity contribution in [3.63, 3.8) is 0 Å². The van der Waals surface area contributed by atoms with Gasteiger partial charge in [-0.1, -0.05) is 83.8 Å². The highest BCUT2D eigenvalue weighted by Crippen LogP contribution is 2.25. The maximum absolute atomic E-state index is 12.5. The summed E-state index contributed by atoms with van der Waals surface area (Å²) in [6.45, 7) is 2.82. The highest BCUT2D eigenvalue weighted by Gasteiger charge is 2.16. The molecule has 0 saturated heterocycles. The van der Waals surface area contributed by atoms with Gasteiger partial charge >= 0.3 is 0 Å². The highest BCUT2D eigenvalue weighted by molar-refractivity contribution is 8.01. The van der Waals surface area contributed by atoms with Gasteiger partial charge in [0.15, 0.2) is 4.34 Å². The van der Waals surface area contributed by atoms with E-state index in [1.165, 1.54) is 28.7 Å². The fourth-order valence-corrected chi connectivity index (χ4v) is 4.27. The summed E-state index contributed by atoms with van der Waals surface area (Å²) in [5.41, 5.74) is 2.30. The molecule has 0 aliphatic carbocycles. The summed E-state index contributed by atoms with van der Waals surface area (Å²) in [5.74, 6) is 0.309. The maximum Gasteiger partial charge on any atom is 0.230 e. The van der Waals surface area contributed by atoms with Gasteiger partial charge in [0.05, 0.1) is 11.8 Å². The zero-order valence-corrected chi connectivity index (χ0v) is 16.7. The molecule has 1 amide bonds. The van der Waals surface area contributed by atoms with E-state index in [0.29, 0.717) is 5.75 Å². The van der Waals surface area contributed by atoms with Crippen LogP contribution in [0.4, 0.5) is 5.13 Å². The van der Waals surface area contributed by atoms with Gasteiger partial charge in [-0.3, -0.25) is 4.79 Å². The third kappa shape index (κ3) is 6.08. The third-order valence-corrected chi connectivity index (χ3v) is 5.90. The van der Waals surface area contributed by atoms with E-state index in [-0.39, 0.29) is 11.9 Å². The Morgan fingerprint density at radius 1 is 1.07 bits per heavy atom. The predicted octanol–water partition coefficient (Wildman–Crippen LogP) is 4.16. The Morgan fingerprint density at radius 3 is 2.48 bits per heavy atom. The van der Waals surface area contributed by atoms with Crippen LogP contribution in [0.3, 0.4) is 0 Å². The topological polar surface area (TPSA) is 66.9 Å². The summed E-state index contributed by atoms with van der Waals surface area (Å²) in [6.07, 6.45) is 0.755. The van der Waals surface area contributed by atoms with E-state index in [4.69, 9.17) is 0 Å². The van der Waals surface area contributed by atoms with Crippen LogP contribution in [0.25, 0.3) is 0 Å². The smallest absolute Gasteiger partial charge is 0.230 e. The number of nitrogens with zero attached hydrogens (tertiary/aromatic N) is 2. The largest absolute Gasteiger partial charge is 0.360 e. The first kappa shape index (κ1) is 19.4. The number of amides is 1. The van der Waals surface area contributed by atoms with Gasteiger partial charge in [-0.25, -0.2) is 0 Å². The molecule has 1 aromatic heterocycles. The van der Waals surface area contributed by atoms with Crippen molar-refractivity contribution in [2.24, 2.45) is 0 Å². The van der Waals surface area contributed by atoms with Crippen molar-refractivity contribution in [3.05, 3.63) is 71.8 Å². The number of hydrogen-bond acceptors (Lipinski definition) is 6. The van der Waals surface area contributed by atoms with Crippen LogP contribution in [-0.4, -0.2) is 28.4 Å². The van der Waals surface area contributed by atoms with Crippen LogP contribution in [0.5, 0.6) is 0 Å². The van der Waals surface area contributed by atoms with E-state index in [2.05, 4.69) is 45.1 Å². The Balaban J connectivity index is 1.61. The molecule has 0 saturated carbocycles. The summed E-state index contributed by atoms with van der Waals surface area (Å²) in [4.78, 5) is 12.5. The average Bonchev–Trinajstić information content (AvgIpc) is 3.15. The van der Waals surface area contributed by atoms with Crippen molar-refractivity contribution in [2.75, 3.05) is 17.6 Å². The minimum Gasteiger partial charge on any atom is -0.360 e. The van der Waals surface area contributed by atoms with Crippen LogP contribution in [0.2, 0.25) is 0 Å². The molecule has 7 heteroatoms. The molecule has 0 aliphatic heterocycles. The van der Waals surface area contributed by atoms with Crippen molar-refractivity contribution in [1.82, 2.24) is 15.5 Å². The van der Waals surface area contributed by atoms with Crippen LogP contribution in [0.15, 0.2) is 65.0 Å². The van der Waals surface area contributed by atoms with Gasteiger partial charge in [-0.05, 0) is 24.5 Å². The molecule has 3 rings (SSSR count). The van der Waals surface area contributed by atoms with E-state index in [0.717, 1.165) is 28.0 Å². The number of carbonyl (C=O) groups excluding carboxylic acids is 1. The lowest BCUT2D eigenvalue weighted by atomic mass is 9.99. The first-order valence-corrected chi connectivity index (χ1v) is 10.6.